The monoisotopic (exact) mass is 219 g/mol. The number of aromatic nitrogens is 2. The zero-order chi connectivity index (χ0) is 10.8. The summed E-state index contributed by atoms with van der Waals surface area (Å²) in [6, 6.07) is 3.79. The Kier molecular flexibility index (Phi) is 2.56. The second-order valence-electron chi connectivity index (χ2n) is 3.34. The van der Waals surface area contributed by atoms with E-state index in [2.05, 4.69) is 9.97 Å². The molecule has 3 nitrogen and oxygen atoms in total. The lowest BCUT2D eigenvalue weighted by Crippen LogP contribution is -1.94. The summed E-state index contributed by atoms with van der Waals surface area (Å²) in [6.45, 7) is 1.98. The van der Waals surface area contributed by atoms with Gasteiger partial charge in [-0.1, -0.05) is 11.6 Å². The Morgan fingerprint density at radius 3 is 2.73 bits per heavy atom. The van der Waals surface area contributed by atoms with Crippen LogP contribution in [0.15, 0.2) is 30.7 Å². The lowest BCUT2D eigenvalue weighted by Gasteiger charge is -2.05. The second kappa shape index (κ2) is 3.87. The highest BCUT2D eigenvalue weighted by molar-refractivity contribution is 6.30. The number of hydrogen-bond acceptors (Lipinski definition) is 3. The van der Waals surface area contributed by atoms with Crippen molar-refractivity contribution in [1.29, 1.82) is 0 Å². The first-order valence-electron chi connectivity index (χ1n) is 4.50. The molecular weight excluding hydrogens is 210 g/mol. The number of halogens is 1. The highest BCUT2D eigenvalue weighted by atomic mass is 35.5. The van der Waals surface area contributed by atoms with Crippen molar-refractivity contribution in [2.45, 2.75) is 6.92 Å². The zero-order valence-corrected chi connectivity index (χ0v) is 8.99. The smallest absolute Gasteiger partial charge is 0.131 e. The number of nitrogens with two attached hydrogens (primary N) is 1. The lowest BCUT2D eigenvalue weighted by atomic mass is 10.1. The number of anilines is 1. The number of rotatable bonds is 1. The Balaban J connectivity index is 2.58. The minimum absolute atomic E-state index is 0.465. The average molecular weight is 220 g/mol. The van der Waals surface area contributed by atoms with Crippen LogP contribution in [-0.4, -0.2) is 9.97 Å². The van der Waals surface area contributed by atoms with Crippen LogP contribution in [-0.2, 0) is 0 Å². The fraction of sp³-hybridized carbons (Fsp3) is 0.0909. The van der Waals surface area contributed by atoms with Crippen molar-refractivity contribution >= 4 is 17.4 Å². The molecule has 15 heavy (non-hydrogen) atoms. The SMILES string of the molecule is Cc1cncc(-c2cc(Cl)cnc2N)c1. The van der Waals surface area contributed by atoms with Crippen molar-refractivity contribution in [3.63, 3.8) is 0 Å². The number of hydrogen-bond donors (Lipinski definition) is 1. The average Bonchev–Trinajstić information content (AvgIpc) is 2.22. The predicted octanol–water partition coefficient (Wildman–Crippen LogP) is 2.69. The molecule has 0 atom stereocenters. The van der Waals surface area contributed by atoms with E-state index in [4.69, 9.17) is 17.3 Å². The third-order valence-electron chi connectivity index (χ3n) is 2.07. The minimum Gasteiger partial charge on any atom is -0.383 e. The van der Waals surface area contributed by atoms with E-state index in [0.717, 1.165) is 16.7 Å². The van der Waals surface area contributed by atoms with Crippen LogP contribution in [0.2, 0.25) is 5.02 Å². The molecule has 4 heteroatoms. The maximum atomic E-state index is 5.87. The molecule has 0 aliphatic carbocycles. The summed E-state index contributed by atoms with van der Waals surface area (Å²) in [5.41, 5.74) is 8.60. The Bertz CT molecular complexity index is 497. The Hall–Kier alpha value is -1.61. The highest BCUT2D eigenvalue weighted by Gasteiger charge is 2.05. The molecular formula is C11H10ClN3. The molecule has 0 spiro atoms. The van der Waals surface area contributed by atoms with E-state index in [1.54, 1.807) is 18.5 Å². The number of aryl methyl sites for hydroxylation is 1. The standard InChI is InChI=1S/C11H10ClN3/c1-7-2-8(5-14-4-7)10-3-9(12)6-15-11(10)13/h2-6H,1H3,(H2,13,15). The summed E-state index contributed by atoms with van der Waals surface area (Å²) < 4.78 is 0. The topological polar surface area (TPSA) is 51.8 Å². The Labute approximate surface area is 92.9 Å². The summed E-state index contributed by atoms with van der Waals surface area (Å²) in [4.78, 5) is 8.11. The maximum Gasteiger partial charge on any atom is 0.131 e. The Morgan fingerprint density at radius 2 is 2.00 bits per heavy atom. The molecule has 2 heterocycles. The van der Waals surface area contributed by atoms with Gasteiger partial charge in [0.1, 0.15) is 5.82 Å². The predicted molar refractivity (Wildman–Crippen MR) is 61.6 cm³/mol. The molecule has 0 aromatic carbocycles. The van der Waals surface area contributed by atoms with E-state index in [1.165, 1.54) is 6.20 Å². The van der Waals surface area contributed by atoms with Crippen LogP contribution in [0.5, 0.6) is 0 Å². The maximum absolute atomic E-state index is 5.87. The van der Waals surface area contributed by atoms with E-state index >= 15 is 0 Å². The van der Waals surface area contributed by atoms with Gasteiger partial charge >= 0.3 is 0 Å². The number of pyridine rings is 2. The molecule has 0 unspecified atom stereocenters. The van der Waals surface area contributed by atoms with Gasteiger partial charge in [-0.15, -0.1) is 0 Å². The van der Waals surface area contributed by atoms with Gasteiger partial charge in [-0.05, 0) is 24.6 Å². The molecule has 0 fully saturated rings. The molecule has 0 amide bonds. The summed E-state index contributed by atoms with van der Waals surface area (Å²) in [5, 5.41) is 0.570. The van der Waals surface area contributed by atoms with Gasteiger partial charge in [0, 0.05) is 29.7 Å². The van der Waals surface area contributed by atoms with Gasteiger partial charge in [-0.3, -0.25) is 4.98 Å². The summed E-state index contributed by atoms with van der Waals surface area (Å²) in [6.07, 6.45) is 5.07. The molecule has 76 valence electrons. The van der Waals surface area contributed by atoms with Gasteiger partial charge < -0.3 is 5.73 Å². The summed E-state index contributed by atoms with van der Waals surface area (Å²) in [7, 11) is 0. The Morgan fingerprint density at radius 1 is 1.20 bits per heavy atom. The fourth-order valence-corrected chi connectivity index (χ4v) is 1.54. The number of nitrogens with zero attached hydrogens (tertiary/aromatic N) is 2. The quantitative estimate of drug-likeness (QED) is 0.802. The molecule has 2 aromatic rings. The summed E-state index contributed by atoms with van der Waals surface area (Å²) in [5.74, 6) is 0.465. The second-order valence-corrected chi connectivity index (χ2v) is 3.77. The number of nitrogen functional groups attached to an aromatic ring is 1. The van der Waals surface area contributed by atoms with Crippen LogP contribution in [0.3, 0.4) is 0 Å². The van der Waals surface area contributed by atoms with Crippen molar-refractivity contribution in [3.05, 3.63) is 41.3 Å². The van der Waals surface area contributed by atoms with E-state index in [0.29, 0.717) is 10.8 Å². The van der Waals surface area contributed by atoms with Crippen molar-refractivity contribution in [2.75, 3.05) is 5.73 Å². The molecule has 0 aliphatic rings. The van der Waals surface area contributed by atoms with Gasteiger partial charge in [0.15, 0.2) is 0 Å². The molecule has 2 rings (SSSR count). The van der Waals surface area contributed by atoms with Crippen molar-refractivity contribution in [2.24, 2.45) is 0 Å². The van der Waals surface area contributed by atoms with Gasteiger partial charge in [0.25, 0.3) is 0 Å². The first-order chi connectivity index (χ1) is 7.16. The van der Waals surface area contributed by atoms with E-state index < -0.39 is 0 Å². The molecule has 2 aromatic heterocycles. The van der Waals surface area contributed by atoms with Gasteiger partial charge in [0.05, 0.1) is 5.02 Å². The third-order valence-corrected chi connectivity index (χ3v) is 2.28. The normalized spacial score (nSPS) is 10.3. The molecule has 2 N–H and O–H groups in total. The van der Waals surface area contributed by atoms with Crippen molar-refractivity contribution in [3.8, 4) is 11.1 Å². The molecule has 0 saturated carbocycles. The van der Waals surface area contributed by atoms with E-state index in [9.17, 15) is 0 Å². The zero-order valence-electron chi connectivity index (χ0n) is 8.24. The van der Waals surface area contributed by atoms with Crippen LogP contribution in [0.25, 0.3) is 11.1 Å². The van der Waals surface area contributed by atoms with Crippen LogP contribution >= 0.6 is 11.6 Å². The van der Waals surface area contributed by atoms with Crippen LogP contribution in [0.4, 0.5) is 5.82 Å². The van der Waals surface area contributed by atoms with Crippen molar-refractivity contribution < 1.29 is 0 Å². The third kappa shape index (κ3) is 2.07. The van der Waals surface area contributed by atoms with Gasteiger partial charge in [-0.2, -0.15) is 0 Å². The van der Waals surface area contributed by atoms with E-state index in [1.807, 2.05) is 13.0 Å². The van der Waals surface area contributed by atoms with Gasteiger partial charge in [-0.25, -0.2) is 4.98 Å². The van der Waals surface area contributed by atoms with Crippen LogP contribution < -0.4 is 5.73 Å². The van der Waals surface area contributed by atoms with Crippen LogP contribution in [0.1, 0.15) is 5.56 Å². The first kappa shape index (κ1) is 9.93. The van der Waals surface area contributed by atoms with Gasteiger partial charge in [0.2, 0.25) is 0 Å². The summed E-state index contributed by atoms with van der Waals surface area (Å²) >= 11 is 5.87. The van der Waals surface area contributed by atoms with Crippen molar-refractivity contribution in [1.82, 2.24) is 9.97 Å². The fourth-order valence-electron chi connectivity index (χ4n) is 1.38. The minimum atomic E-state index is 0.465. The largest absolute Gasteiger partial charge is 0.383 e. The van der Waals surface area contributed by atoms with E-state index in [-0.39, 0.29) is 0 Å². The molecule has 0 bridgehead atoms. The first-order valence-corrected chi connectivity index (χ1v) is 4.87. The molecule has 0 radical (unpaired) electrons. The highest BCUT2D eigenvalue weighted by Crippen LogP contribution is 2.26. The lowest BCUT2D eigenvalue weighted by molar-refractivity contribution is 1.26. The molecule has 0 saturated heterocycles. The van der Waals surface area contributed by atoms with Crippen LogP contribution in [0, 0.1) is 6.92 Å². The molecule has 0 aliphatic heterocycles.